The molecule has 0 aliphatic carbocycles. The molecule has 3 fully saturated rings. The normalized spacial score (nSPS) is 25.4. The van der Waals surface area contributed by atoms with Crippen LogP contribution in [0.1, 0.15) is 47.0 Å². The molecule has 1 unspecified atom stereocenters. The summed E-state index contributed by atoms with van der Waals surface area (Å²) >= 11 is 0. The molecule has 0 N–H and O–H groups in total. The molecule has 3 saturated heterocycles. The van der Waals surface area contributed by atoms with Crippen molar-refractivity contribution in [3.8, 4) is 0 Å². The maximum Gasteiger partial charge on any atom is 0.241 e. The average molecular weight is 309 g/mol. The predicted octanol–water partition coefficient (Wildman–Crippen LogP) is 0.855. The lowest BCUT2D eigenvalue weighted by molar-refractivity contribution is -0.130. The van der Waals surface area contributed by atoms with E-state index in [1.54, 1.807) is 4.90 Å². The predicted molar refractivity (Wildman–Crippen MR) is 83.1 cm³/mol. The molecule has 0 aromatic carbocycles. The number of ketones is 1. The van der Waals surface area contributed by atoms with Crippen LogP contribution in [-0.4, -0.2) is 70.2 Å². The van der Waals surface area contributed by atoms with Crippen molar-refractivity contribution in [2.75, 3.05) is 19.8 Å². The lowest BCUT2D eigenvalue weighted by Gasteiger charge is -2.21. The first-order valence-corrected chi connectivity index (χ1v) is 8.17. The number of carbonyl (C=O) groups is 3. The molecule has 6 heteroatoms. The maximum absolute atomic E-state index is 11.7. The summed E-state index contributed by atoms with van der Waals surface area (Å²) in [6.07, 6.45) is 2.38. The summed E-state index contributed by atoms with van der Waals surface area (Å²) in [7, 11) is 0. The van der Waals surface area contributed by atoms with Gasteiger partial charge in [-0.2, -0.15) is 0 Å². The van der Waals surface area contributed by atoms with E-state index in [1.807, 2.05) is 18.7 Å². The summed E-state index contributed by atoms with van der Waals surface area (Å²) in [5.74, 6) is 0.362. The Bertz CT molecular complexity index is 462. The first-order chi connectivity index (χ1) is 10.3. The van der Waals surface area contributed by atoms with Crippen LogP contribution in [0.25, 0.3) is 0 Å². The number of fused-ring (bicyclic) bond motifs is 1. The van der Waals surface area contributed by atoms with Crippen LogP contribution in [0.5, 0.6) is 0 Å². The van der Waals surface area contributed by atoms with Crippen LogP contribution in [0.3, 0.4) is 0 Å². The lowest BCUT2D eigenvalue weighted by Crippen LogP contribution is -2.35. The van der Waals surface area contributed by atoms with Crippen molar-refractivity contribution >= 4 is 17.6 Å². The Hall–Kier alpha value is -1.43. The molecule has 3 rings (SSSR count). The second kappa shape index (κ2) is 6.77. The van der Waals surface area contributed by atoms with Crippen molar-refractivity contribution in [2.24, 2.45) is 0 Å². The zero-order chi connectivity index (χ0) is 16.4. The fraction of sp³-hybridized carbons (Fsp3) is 0.812. The van der Waals surface area contributed by atoms with Gasteiger partial charge in [0.2, 0.25) is 11.8 Å². The Morgan fingerprint density at radius 3 is 2.05 bits per heavy atom. The van der Waals surface area contributed by atoms with Crippen molar-refractivity contribution < 1.29 is 14.4 Å². The monoisotopic (exact) mass is 309 g/mol. The molecular weight excluding hydrogens is 282 g/mol. The molecule has 3 aliphatic rings. The second-order valence-corrected chi connectivity index (χ2v) is 6.84. The number of hydrogen-bond acceptors (Lipinski definition) is 4. The van der Waals surface area contributed by atoms with E-state index in [9.17, 15) is 14.4 Å². The van der Waals surface area contributed by atoms with Gasteiger partial charge in [-0.3, -0.25) is 19.3 Å². The van der Waals surface area contributed by atoms with Crippen LogP contribution in [0.4, 0.5) is 0 Å². The summed E-state index contributed by atoms with van der Waals surface area (Å²) in [6.45, 7) is 10.3. The van der Waals surface area contributed by atoms with E-state index in [1.165, 1.54) is 6.42 Å². The molecule has 1 atom stereocenters. The minimum Gasteiger partial charge on any atom is -0.333 e. The van der Waals surface area contributed by atoms with Crippen LogP contribution in [0.2, 0.25) is 0 Å². The highest BCUT2D eigenvalue weighted by atomic mass is 16.2. The van der Waals surface area contributed by atoms with Crippen LogP contribution in [-0.2, 0) is 14.4 Å². The Kier molecular flexibility index (Phi) is 5.21. The molecule has 22 heavy (non-hydrogen) atoms. The minimum atomic E-state index is -0.0278. The van der Waals surface area contributed by atoms with Gasteiger partial charge in [-0.25, -0.2) is 0 Å². The summed E-state index contributed by atoms with van der Waals surface area (Å²) in [4.78, 5) is 39.2. The molecule has 0 saturated carbocycles. The highest BCUT2D eigenvalue weighted by Crippen LogP contribution is 2.26. The van der Waals surface area contributed by atoms with Crippen LogP contribution < -0.4 is 0 Å². The van der Waals surface area contributed by atoms with Crippen LogP contribution in [0.15, 0.2) is 0 Å². The first kappa shape index (κ1) is 16.9. The van der Waals surface area contributed by atoms with Gasteiger partial charge in [-0.15, -0.1) is 0 Å². The van der Waals surface area contributed by atoms with Crippen molar-refractivity contribution in [1.82, 2.24) is 14.7 Å². The number of likely N-dealkylation sites (tertiary alicyclic amines) is 1. The molecule has 0 bridgehead atoms. The minimum absolute atomic E-state index is 0.0278. The van der Waals surface area contributed by atoms with E-state index in [2.05, 4.69) is 18.7 Å². The van der Waals surface area contributed by atoms with Gasteiger partial charge < -0.3 is 9.80 Å². The van der Waals surface area contributed by atoms with Crippen LogP contribution in [0, 0.1) is 0 Å². The van der Waals surface area contributed by atoms with Crippen molar-refractivity contribution in [1.29, 1.82) is 0 Å². The van der Waals surface area contributed by atoms with E-state index in [4.69, 9.17) is 0 Å². The van der Waals surface area contributed by atoms with Gasteiger partial charge in [0.25, 0.3) is 0 Å². The Morgan fingerprint density at radius 1 is 1.00 bits per heavy atom. The molecular formula is C16H27N3O3. The summed E-state index contributed by atoms with van der Waals surface area (Å²) < 4.78 is 0. The van der Waals surface area contributed by atoms with Gasteiger partial charge in [0.15, 0.2) is 5.78 Å². The molecule has 2 amide bonds. The Balaban J connectivity index is 0.000000164. The third kappa shape index (κ3) is 3.48. The van der Waals surface area contributed by atoms with E-state index >= 15 is 0 Å². The summed E-state index contributed by atoms with van der Waals surface area (Å²) in [5, 5.41) is 0. The molecule has 0 spiro atoms. The van der Waals surface area contributed by atoms with Crippen molar-refractivity contribution in [2.45, 2.75) is 65.1 Å². The van der Waals surface area contributed by atoms with Crippen LogP contribution >= 0.6 is 0 Å². The molecule has 0 aromatic heterocycles. The van der Waals surface area contributed by atoms with Gasteiger partial charge in [0.1, 0.15) is 0 Å². The largest absolute Gasteiger partial charge is 0.333 e. The van der Waals surface area contributed by atoms with Gasteiger partial charge in [-0.1, -0.05) is 0 Å². The number of rotatable bonds is 2. The zero-order valence-electron chi connectivity index (χ0n) is 14.0. The molecule has 124 valence electrons. The maximum atomic E-state index is 11.7. The van der Waals surface area contributed by atoms with Crippen molar-refractivity contribution in [3.05, 3.63) is 0 Å². The number of Topliss-reactive ketones (excluding diaryl/α,β-unsaturated/α-hetero) is 1. The number of nitrogens with zero attached hydrogens (tertiary/aromatic N) is 3. The Labute approximate surface area is 132 Å². The first-order valence-electron chi connectivity index (χ1n) is 8.17. The molecule has 3 heterocycles. The zero-order valence-corrected chi connectivity index (χ0v) is 14.0. The van der Waals surface area contributed by atoms with Gasteiger partial charge >= 0.3 is 0 Å². The Morgan fingerprint density at radius 2 is 1.64 bits per heavy atom. The molecule has 0 radical (unpaired) electrons. The quantitative estimate of drug-likeness (QED) is 0.710. The van der Waals surface area contributed by atoms with Crippen molar-refractivity contribution in [3.63, 3.8) is 0 Å². The lowest BCUT2D eigenvalue weighted by atomic mass is 10.2. The fourth-order valence-corrected chi connectivity index (χ4v) is 3.22. The number of carbonyl (C=O) groups excluding carboxylic acids is 3. The molecule has 3 aliphatic heterocycles. The second-order valence-electron chi connectivity index (χ2n) is 6.84. The highest BCUT2D eigenvalue weighted by Gasteiger charge is 2.41. The third-order valence-electron chi connectivity index (χ3n) is 4.53. The summed E-state index contributed by atoms with van der Waals surface area (Å²) in [6, 6.07) is 0.759. The average Bonchev–Trinajstić information content (AvgIpc) is 3.07. The van der Waals surface area contributed by atoms with E-state index in [0.29, 0.717) is 18.5 Å². The third-order valence-corrected chi connectivity index (χ3v) is 4.53. The highest BCUT2D eigenvalue weighted by molar-refractivity contribution is 6.05. The van der Waals surface area contributed by atoms with Gasteiger partial charge in [0.05, 0.1) is 25.7 Å². The topological polar surface area (TPSA) is 60.9 Å². The van der Waals surface area contributed by atoms with E-state index in [-0.39, 0.29) is 30.2 Å². The SMILES string of the molecule is CC(C)N1CC(=O)CC1=O.CC(C)N1CN2CCCC2C1=O. The van der Waals surface area contributed by atoms with E-state index in [0.717, 1.165) is 19.6 Å². The fourth-order valence-electron chi connectivity index (χ4n) is 3.22. The number of hydrogen-bond donors (Lipinski definition) is 0. The smallest absolute Gasteiger partial charge is 0.241 e. The molecule has 0 aromatic rings. The number of amides is 2. The summed E-state index contributed by atoms with van der Waals surface area (Å²) in [5.41, 5.74) is 0. The van der Waals surface area contributed by atoms with E-state index < -0.39 is 0 Å². The molecule has 6 nitrogen and oxygen atoms in total. The van der Waals surface area contributed by atoms with Gasteiger partial charge in [-0.05, 0) is 40.5 Å². The standard InChI is InChI=1S/C9H16N2O.C7H11NO2/c1-7(2)11-6-10-5-3-4-8(10)9(11)12;1-5(2)8-4-6(9)3-7(8)10/h7-8H,3-6H2,1-2H3;5H,3-4H2,1-2H3. The van der Waals surface area contributed by atoms with Gasteiger partial charge in [0, 0.05) is 18.6 Å².